The normalized spacial score (nSPS) is 25.2. The molecule has 0 spiro atoms. The Balaban J connectivity index is 1.93. The van der Waals surface area contributed by atoms with Crippen LogP contribution in [0.1, 0.15) is 66.5 Å². The number of rotatable bonds is 4. The maximum Gasteiger partial charge on any atom is 0.462 e. The Bertz CT molecular complexity index is 687. The summed E-state index contributed by atoms with van der Waals surface area (Å²) in [5.74, 6) is 0. The fraction of sp³-hybridized carbons (Fsp3) is 0.636. The lowest BCUT2D eigenvalue weighted by atomic mass is 9.51. The predicted octanol–water partition coefficient (Wildman–Crippen LogP) is 5.10. The van der Waals surface area contributed by atoms with Crippen molar-refractivity contribution in [1.29, 1.82) is 0 Å². The van der Waals surface area contributed by atoms with Gasteiger partial charge in [0.15, 0.2) is 0 Å². The van der Waals surface area contributed by atoms with E-state index in [1.807, 2.05) is 12.1 Å². The molecule has 3 rings (SSSR count). The monoisotopic (exact) mass is 384 g/mol. The molecule has 2 aliphatic rings. The van der Waals surface area contributed by atoms with Gasteiger partial charge in [-0.1, -0.05) is 36.4 Å². The molecule has 0 atom stereocenters. The second kappa shape index (κ2) is 7.02. The Morgan fingerprint density at radius 1 is 0.714 bits per heavy atom. The Morgan fingerprint density at radius 2 is 1.11 bits per heavy atom. The minimum atomic E-state index is -0.444. The zero-order chi connectivity index (χ0) is 21.0. The molecule has 0 N–H and O–H groups in total. The molecule has 0 amide bonds. The van der Waals surface area contributed by atoms with Crippen molar-refractivity contribution in [3.05, 3.63) is 41.5 Å². The summed E-state index contributed by atoms with van der Waals surface area (Å²) in [4.78, 5) is 0. The van der Waals surface area contributed by atoms with Crippen molar-refractivity contribution in [3.63, 3.8) is 0 Å². The summed E-state index contributed by atoms with van der Waals surface area (Å²) in [5.41, 5.74) is 0.570. The molecule has 1 aromatic rings. The average Bonchev–Trinajstić information content (AvgIpc) is 2.88. The molecule has 2 fully saturated rings. The number of benzene rings is 1. The Hall–Kier alpha value is -1.07. The van der Waals surface area contributed by atoms with Crippen LogP contribution in [-0.4, -0.2) is 36.6 Å². The van der Waals surface area contributed by atoms with E-state index in [0.717, 1.165) is 0 Å². The van der Waals surface area contributed by atoms with E-state index in [4.69, 9.17) is 18.6 Å². The van der Waals surface area contributed by atoms with Crippen molar-refractivity contribution in [2.45, 2.75) is 90.4 Å². The predicted molar refractivity (Wildman–Crippen MR) is 116 cm³/mol. The molecule has 0 aliphatic carbocycles. The van der Waals surface area contributed by atoms with Crippen LogP contribution in [0.25, 0.3) is 6.08 Å². The lowest BCUT2D eigenvalue weighted by Crippen LogP contribution is -2.41. The van der Waals surface area contributed by atoms with Gasteiger partial charge in [0.25, 0.3) is 0 Å². The van der Waals surface area contributed by atoms with E-state index in [1.165, 1.54) is 11.1 Å². The van der Waals surface area contributed by atoms with Crippen molar-refractivity contribution in [2.24, 2.45) is 0 Å². The average molecular weight is 384 g/mol. The van der Waals surface area contributed by atoms with E-state index in [2.05, 4.69) is 86.6 Å². The summed E-state index contributed by atoms with van der Waals surface area (Å²) in [6.45, 7) is 18.7. The Morgan fingerprint density at radius 3 is 1.50 bits per heavy atom. The molecule has 0 saturated carbocycles. The van der Waals surface area contributed by atoms with Gasteiger partial charge in [-0.05, 0) is 73.4 Å². The first-order chi connectivity index (χ1) is 12.8. The molecular formula is C22H34B2O4. The molecule has 0 bridgehead atoms. The van der Waals surface area contributed by atoms with Crippen molar-refractivity contribution >= 4 is 20.3 Å². The quantitative estimate of drug-likeness (QED) is 0.677. The van der Waals surface area contributed by atoms with Gasteiger partial charge in [-0.3, -0.25) is 0 Å². The van der Waals surface area contributed by atoms with Crippen LogP contribution in [0.4, 0.5) is 0 Å². The van der Waals surface area contributed by atoms with Crippen LogP contribution in [0.3, 0.4) is 0 Å². The highest BCUT2D eigenvalue weighted by Crippen LogP contribution is 2.45. The second-order valence-electron chi connectivity index (χ2n) is 10.0. The molecule has 0 radical (unpaired) electrons. The summed E-state index contributed by atoms with van der Waals surface area (Å²) in [5, 5.41) is 0. The van der Waals surface area contributed by atoms with Gasteiger partial charge in [-0.25, -0.2) is 0 Å². The van der Waals surface area contributed by atoms with Crippen molar-refractivity contribution in [1.82, 2.24) is 0 Å². The summed E-state index contributed by atoms with van der Waals surface area (Å²) in [7, 11) is -0.889. The molecular weight excluding hydrogens is 350 g/mol. The number of hydrogen-bond donors (Lipinski definition) is 0. The van der Waals surface area contributed by atoms with E-state index in [9.17, 15) is 0 Å². The van der Waals surface area contributed by atoms with Crippen LogP contribution in [0.5, 0.6) is 0 Å². The van der Waals surface area contributed by atoms with E-state index in [-0.39, 0.29) is 5.72 Å². The first kappa shape index (κ1) is 21.6. The smallest absolute Gasteiger partial charge is 0.403 e. The fourth-order valence-corrected chi connectivity index (χ4v) is 3.39. The molecule has 2 heterocycles. The lowest BCUT2D eigenvalue weighted by molar-refractivity contribution is 0.00578. The Labute approximate surface area is 171 Å². The largest absolute Gasteiger partial charge is 0.462 e. The van der Waals surface area contributed by atoms with Gasteiger partial charge in [-0.2, -0.15) is 0 Å². The zero-order valence-corrected chi connectivity index (χ0v) is 18.8. The third-order valence-corrected chi connectivity index (χ3v) is 6.86. The molecule has 1 aromatic carbocycles. The van der Waals surface area contributed by atoms with Gasteiger partial charge in [0.2, 0.25) is 0 Å². The molecule has 2 saturated heterocycles. The Kier molecular flexibility index (Phi) is 5.42. The maximum absolute atomic E-state index is 6.36. The molecule has 2 aliphatic heterocycles. The summed E-state index contributed by atoms with van der Waals surface area (Å²) < 4.78 is 25.4. The topological polar surface area (TPSA) is 36.9 Å². The van der Waals surface area contributed by atoms with Crippen LogP contribution in [0.2, 0.25) is 5.72 Å². The molecule has 6 heteroatoms. The van der Waals surface area contributed by atoms with Crippen molar-refractivity contribution in [3.8, 4) is 0 Å². The molecule has 28 heavy (non-hydrogen) atoms. The number of allylic oxidation sites excluding steroid dienone is 1. The van der Waals surface area contributed by atoms with E-state index >= 15 is 0 Å². The third kappa shape index (κ3) is 3.85. The molecule has 0 unspecified atom stereocenters. The van der Waals surface area contributed by atoms with Gasteiger partial charge >= 0.3 is 14.2 Å². The maximum atomic E-state index is 6.36. The minimum absolute atomic E-state index is 0.193. The summed E-state index contributed by atoms with van der Waals surface area (Å²) in [6.07, 6.45) is 4.24. The van der Waals surface area contributed by atoms with Crippen LogP contribution in [0, 0.1) is 6.92 Å². The van der Waals surface area contributed by atoms with Gasteiger partial charge in [-0.15, -0.1) is 0 Å². The van der Waals surface area contributed by atoms with Gasteiger partial charge in [0.05, 0.1) is 22.4 Å². The summed E-state index contributed by atoms with van der Waals surface area (Å²) in [6, 6.07) is 8.31. The third-order valence-electron chi connectivity index (χ3n) is 6.86. The first-order valence-electron chi connectivity index (χ1n) is 10.2. The standard InChI is InChI=1S/C22H34B2O4/c1-16-12-10-11-13-17(16)14-15-18(23-25-19(2,3)20(4,5)26-23)24-27-21(6,7)22(8,9)28-24/h10-15,18H,1-9H3/b15-14+. The molecule has 152 valence electrons. The van der Waals surface area contributed by atoms with Crippen LogP contribution >= 0.6 is 0 Å². The van der Waals surface area contributed by atoms with Crippen LogP contribution in [0.15, 0.2) is 30.3 Å². The van der Waals surface area contributed by atoms with Crippen molar-refractivity contribution in [2.75, 3.05) is 0 Å². The van der Waals surface area contributed by atoms with Crippen LogP contribution < -0.4 is 0 Å². The minimum Gasteiger partial charge on any atom is -0.403 e. The lowest BCUT2D eigenvalue weighted by Gasteiger charge is -2.32. The van der Waals surface area contributed by atoms with E-state index < -0.39 is 36.6 Å². The van der Waals surface area contributed by atoms with Gasteiger partial charge < -0.3 is 18.6 Å². The second-order valence-corrected chi connectivity index (χ2v) is 10.0. The summed E-state index contributed by atoms with van der Waals surface area (Å²) >= 11 is 0. The highest BCUT2D eigenvalue weighted by atomic mass is 16.7. The zero-order valence-electron chi connectivity index (χ0n) is 18.8. The van der Waals surface area contributed by atoms with Crippen molar-refractivity contribution < 1.29 is 18.6 Å². The highest BCUT2D eigenvalue weighted by molar-refractivity contribution is 6.69. The van der Waals surface area contributed by atoms with E-state index in [0.29, 0.717) is 0 Å². The SMILES string of the molecule is Cc1ccccc1/C=C/C(B1OC(C)(C)C(C)(C)O1)B1OC(C)(C)C(C)(C)O1. The first-order valence-corrected chi connectivity index (χ1v) is 10.2. The fourth-order valence-electron chi connectivity index (χ4n) is 3.39. The van der Waals surface area contributed by atoms with Gasteiger partial charge in [0.1, 0.15) is 0 Å². The number of hydrogen-bond acceptors (Lipinski definition) is 4. The number of aryl methyl sites for hydroxylation is 1. The van der Waals surface area contributed by atoms with E-state index in [1.54, 1.807) is 0 Å². The highest BCUT2D eigenvalue weighted by Gasteiger charge is 2.61. The van der Waals surface area contributed by atoms with Gasteiger partial charge in [0, 0.05) is 5.72 Å². The molecule has 4 nitrogen and oxygen atoms in total. The molecule has 0 aromatic heterocycles. The van der Waals surface area contributed by atoms with Crippen LogP contribution in [-0.2, 0) is 18.6 Å².